The van der Waals surface area contributed by atoms with Gasteiger partial charge < -0.3 is 15.4 Å². The quantitative estimate of drug-likeness (QED) is 0.705. The van der Waals surface area contributed by atoms with Gasteiger partial charge in [0, 0.05) is 31.6 Å². The Morgan fingerprint density at radius 1 is 1.39 bits per heavy atom. The number of methoxy groups -OCH3 is 1. The summed E-state index contributed by atoms with van der Waals surface area (Å²) < 4.78 is 4.92. The number of rotatable bonds is 8. The largest absolute Gasteiger partial charge is 0.383 e. The zero-order chi connectivity index (χ0) is 13.4. The van der Waals surface area contributed by atoms with Crippen molar-refractivity contribution in [2.24, 2.45) is 0 Å². The van der Waals surface area contributed by atoms with Crippen LogP contribution in [0.4, 0.5) is 0 Å². The van der Waals surface area contributed by atoms with Crippen molar-refractivity contribution in [3.05, 3.63) is 21.4 Å². The van der Waals surface area contributed by atoms with Gasteiger partial charge in [-0.05, 0) is 25.0 Å². The summed E-state index contributed by atoms with van der Waals surface area (Å²) in [6, 6.07) is 1.99. The van der Waals surface area contributed by atoms with E-state index in [1.807, 2.05) is 6.07 Å². The van der Waals surface area contributed by atoms with Crippen LogP contribution < -0.4 is 10.6 Å². The van der Waals surface area contributed by atoms with E-state index in [1.165, 1.54) is 10.4 Å². The standard InChI is InChI=1S/C13H22N2O2S/c1-4-11-9-12(18-10(11)2)13(16)15-6-5-14-7-8-17-3/h9,14H,4-8H2,1-3H3,(H,15,16). The number of hydrogen-bond donors (Lipinski definition) is 2. The van der Waals surface area contributed by atoms with Crippen molar-refractivity contribution < 1.29 is 9.53 Å². The number of nitrogens with one attached hydrogen (secondary N) is 2. The van der Waals surface area contributed by atoms with Gasteiger partial charge in [-0.15, -0.1) is 11.3 Å². The van der Waals surface area contributed by atoms with Crippen molar-refractivity contribution in [2.75, 3.05) is 33.4 Å². The first-order valence-corrected chi connectivity index (χ1v) is 7.07. The highest BCUT2D eigenvalue weighted by atomic mass is 32.1. The van der Waals surface area contributed by atoms with Crippen LogP contribution in [0.1, 0.15) is 27.0 Å². The maximum absolute atomic E-state index is 11.9. The molecule has 0 atom stereocenters. The van der Waals surface area contributed by atoms with Crippen molar-refractivity contribution in [1.29, 1.82) is 0 Å². The lowest BCUT2D eigenvalue weighted by Gasteiger charge is -2.05. The minimum Gasteiger partial charge on any atom is -0.383 e. The molecular weight excluding hydrogens is 248 g/mol. The average Bonchev–Trinajstić information content (AvgIpc) is 2.74. The van der Waals surface area contributed by atoms with Crippen molar-refractivity contribution in [3.63, 3.8) is 0 Å². The Balaban J connectivity index is 2.27. The minimum atomic E-state index is 0.0244. The van der Waals surface area contributed by atoms with E-state index in [4.69, 9.17) is 4.74 Å². The van der Waals surface area contributed by atoms with Gasteiger partial charge in [0.25, 0.3) is 5.91 Å². The Hall–Kier alpha value is -0.910. The monoisotopic (exact) mass is 270 g/mol. The molecule has 1 amide bonds. The zero-order valence-electron chi connectivity index (χ0n) is 11.3. The smallest absolute Gasteiger partial charge is 0.261 e. The van der Waals surface area contributed by atoms with Crippen LogP contribution in [0.15, 0.2) is 6.07 Å². The molecule has 0 aliphatic rings. The molecule has 0 aliphatic carbocycles. The Kier molecular flexibility index (Phi) is 6.93. The van der Waals surface area contributed by atoms with E-state index in [2.05, 4.69) is 24.5 Å². The predicted molar refractivity (Wildman–Crippen MR) is 75.5 cm³/mol. The number of carbonyl (C=O) groups is 1. The van der Waals surface area contributed by atoms with Crippen molar-refractivity contribution in [1.82, 2.24) is 10.6 Å². The molecule has 18 heavy (non-hydrogen) atoms. The first kappa shape index (κ1) is 15.1. The van der Waals surface area contributed by atoms with Gasteiger partial charge >= 0.3 is 0 Å². The number of hydrogen-bond acceptors (Lipinski definition) is 4. The predicted octanol–water partition coefficient (Wildman–Crippen LogP) is 1.58. The molecule has 5 heteroatoms. The molecule has 2 N–H and O–H groups in total. The molecule has 0 fully saturated rings. The summed E-state index contributed by atoms with van der Waals surface area (Å²) in [7, 11) is 1.67. The van der Waals surface area contributed by atoms with Crippen molar-refractivity contribution in [3.8, 4) is 0 Å². The molecule has 0 aromatic carbocycles. The molecule has 0 unspecified atom stereocenters. The van der Waals surface area contributed by atoms with Gasteiger partial charge in [0.05, 0.1) is 11.5 Å². The highest BCUT2D eigenvalue weighted by Crippen LogP contribution is 2.21. The molecule has 102 valence electrons. The Labute approximate surface area is 113 Å². The van der Waals surface area contributed by atoms with Crippen molar-refractivity contribution >= 4 is 17.2 Å². The van der Waals surface area contributed by atoms with E-state index in [-0.39, 0.29) is 5.91 Å². The third-order valence-corrected chi connectivity index (χ3v) is 3.79. The fourth-order valence-corrected chi connectivity index (χ4v) is 2.66. The number of aryl methyl sites for hydroxylation is 2. The molecule has 1 rings (SSSR count). The van der Waals surface area contributed by atoms with E-state index >= 15 is 0 Å². The second-order valence-corrected chi connectivity index (χ2v) is 5.30. The first-order valence-electron chi connectivity index (χ1n) is 6.26. The normalized spacial score (nSPS) is 10.6. The first-order chi connectivity index (χ1) is 8.69. The van der Waals surface area contributed by atoms with E-state index in [1.54, 1.807) is 18.4 Å². The Bertz CT molecular complexity index is 377. The molecule has 0 saturated heterocycles. The van der Waals surface area contributed by atoms with Gasteiger partial charge in [0.1, 0.15) is 0 Å². The van der Waals surface area contributed by atoms with Crippen molar-refractivity contribution in [2.45, 2.75) is 20.3 Å². The highest BCUT2D eigenvalue weighted by Gasteiger charge is 2.10. The molecule has 1 aromatic heterocycles. The third kappa shape index (κ3) is 4.76. The van der Waals surface area contributed by atoms with E-state index in [9.17, 15) is 4.79 Å². The molecule has 0 radical (unpaired) electrons. The number of thiophene rings is 1. The van der Waals surface area contributed by atoms with Gasteiger partial charge in [-0.3, -0.25) is 4.79 Å². The summed E-state index contributed by atoms with van der Waals surface area (Å²) in [5.74, 6) is 0.0244. The lowest BCUT2D eigenvalue weighted by molar-refractivity contribution is 0.0957. The second kappa shape index (κ2) is 8.24. The summed E-state index contributed by atoms with van der Waals surface area (Å²) in [5, 5.41) is 6.09. The molecule has 0 spiro atoms. The lowest BCUT2D eigenvalue weighted by atomic mass is 10.2. The van der Waals surface area contributed by atoms with E-state index < -0.39 is 0 Å². The van der Waals surface area contributed by atoms with Crippen LogP contribution in [0.2, 0.25) is 0 Å². The summed E-state index contributed by atoms with van der Waals surface area (Å²) in [6.07, 6.45) is 0.980. The van der Waals surface area contributed by atoms with Crippen LogP contribution in [0.3, 0.4) is 0 Å². The molecule has 0 bridgehead atoms. The van der Waals surface area contributed by atoms with E-state index in [0.717, 1.165) is 24.4 Å². The fourth-order valence-electron chi connectivity index (χ4n) is 1.63. The van der Waals surface area contributed by atoms with Crippen LogP contribution in [-0.2, 0) is 11.2 Å². The number of ether oxygens (including phenoxy) is 1. The van der Waals surface area contributed by atoms with Crippen LogP contribution in [0.25, 0.3) is 0 Å². The SMILES string of the molecule is CCc1cc(C(=O)NCCNCCOC)sc1C. The topological polar surface area (TPSA) is 50.4 Å². The van der Waals surface area contributed by atoms with Crippen LogP contribution >= 0.6 is 11.3 Å². The Morgan fingerprint density at radius 2 is 2.17 bits per heavy atom. The highest BCUT2D eigenvalue weighted by molar-refractivity contribution is 7.14. The zero-order valence-corrected chi connectivity index (χ0v) is 12.2. The molecule has 4 nitrogen and oxygen atoms in total. The Morgan fingerprint density at radius 3 is 2.78 bits per heavy atom. The summed E-state index contributed by atoms with van der Waals surface area (Å²) >= 11 is 1.57. The fraction of sp³-hybridized carbons (Fsp3) is 0.615. The molecule has 1 heterocycles. The minimum absolute atomic E-state index is 0.0244. The van der Waals surface area contributed by atoms with E-state index in [0.29, 0.717) is 13.2 Å². The summed E-state index contributed by atoms with van der Waals surface area (Å²) in [6.45, 7) is 7.08. The van der Waals surface area contributed by atoms with Gasteiger partial charge in [-0.1, -0.05) is 6.92 Å². The van der Waals surface area contributed by atoms with Gasteiger partial charge in [0.15, 0.2) is 0 Å². The van der Waals surface area contributed by atoms with Gasteiger partial charge in [0.2, 0.25) is 0 Å². The maximum Gasteiger partial charge on any atom is 0.261 e. The van der Waals surface area contributed by atoms with Gasteiger partial charge in [-0.25, -0.2) is 0 Å². The van der Waals surface area contributed by atoms with Gasteiger partial charge in [-0.2, -0.15) is 0 Å². The third-order valence-electron chi connectivity index (χ3n) is 2.70. The number of carbonyl (C=O) groups excluding carboxylic acids is 1. The average molecular weight is 270 g/mol. The maximum atomic E-state index is 11.9. The number of amides is 1. The lowest BCUT2D eigenvalue weighted by Crippen LogP contribution is -2.32. The van der Waals surface area contributed by atoms with Crippen LogP contribution in [0.5, 0.6) is 0 Å². The molecule has 1 aromatic rings. The summed E-state index contributed by atoms with van der Waals surface area (Å²) in [4.78, 5) is 13.9. The van der Waals surface area contributed by atoms with Crippen LogP contribution in [-0.4, -0.2) is 39.3 Å². The summed E-state index contributed by atoms with van der Waals surface area (Å²) in [5.41, 5.74) is 1.27. The molecule has 0 saturated carbocycles. The molecule has 0 aliphatic heterocycles. The van der Waals surface area contributed by atoms with Crippen LogP contribution in [0, 0.1) is 6.92 Å². The molecular formula is C13H22N2O2S. The second-order valence-electron chi connectivity index (χ2n) is 4.04.